The number of rotatable bonds is 3. The zero-order chi connectivity index (χ0) is 14.4. The number of benzene rings is 1. The monoisotopic (exact) mass is 279 g/mol. The maximum atomic E-state index is 11.6. The molecule has 0 spiro atoms. The number of esters is 1. The summed E-state index contributed by atoms with van der Waals surface area (Å²) < 4.78 is 4.61. The number of carbonyl (C=O) groups excluding carboxylic acids is 1. The fourth-order valence-corrected chi connectivity index (χ4v) is 1.61. The van der Waals surface area contributed by atoms with Gasteiger partial charge in [-0.2, -0.15) is 12.6 Å². The first-order valence-electron chi connectivity index (χ1n) is 5.48. The van der Waals surface area contributed by atoms with Gasteiger partial charge in [-0.25, -0.2) is 4.79 Å². The first-order valence-corrected chi connectivity index (χ1v) is 6.11. The summed E-state index contributed by atoms with van der Waals surface area (Å²) >= 11 is 4.02. The second-order valence-electron chi connectivity index (χ2n) is 3.69. The maximum Gasteiger partial charge on any atom is 0.338 e. The second-order valence-corrected chi connectivity index (χ2v) is 4.14. The largest absolute Gasteiger partial charge is 0.465 e. The third-order valence-corrected chi connectivity index (χ3v) is 2.68. The van der Waals surface area contributed by atoms with Gasteiger partial charge in [0.25, 0.3) is 5.69 Å². The molecule has 0 radical (unpaired) electrons. The van der Waals surface area contributed by atoms with Crippen molar-refractivity contribution >= 4 is 24.3 Å². The lowest BCUT2D eigenvalue weighted by Crippen LogP contribution is -2.06. The van der Waals surface area contributed by atoms with Crippen LogP contribution in [0.3, 0.4) is 0 Å². The predicted octanol–water partition coefficient (Wildman–Crippen LogP) is 2.36. The van der Waals surface area contributed by atoms with Crippen molar-refractivity contribution < 1.29 is 14.5 Å². The molecular weight excluding hydrogens is 266 g/mol. The Morgan fingerprint density at radius 3 is 2.74 bits per heavy atom. The van der Waals surface area contributed by atoms with Crippen LogP contribution >= 0.6 is 12.6 Å². The molecular formula is C13H13NO4S. The summed E-state index contributed by atoms with van der Waals surface area (Å²) in [7, 11) is 1.23. The molecule has 0 amide bonds. The van der Waals surface area contributed by atoms with Crippen LogP contribution in [0.1, 0.15) is 27.9 Å². The van der Waals surface area contributed by atoms with Gasteiger partial charge in [-0.05, 0) is 13.0 Å². The molecule has 1 aromatic rings. The van der Waals surface area contributed by atoms with Crippen molar-refractivity contribution in [3.63, 3.8) is 0 Å². The van der Waals surface area contributed by atoms with Crippen molar-refractivity contribution in [3.8, 4) is 11.8 Å². The van der Waals surface area contributed by atoms with Gasteiger partial charge in [0, 0.05) is 29.4 Å². The normalized spacial score (nSPS) is 9.42. The summed E-state index contributed by atoms with van der Waals surface area (Å²) in [5.74, 6) is 5.59. The van der Waals surface area contributed by atoms with E-state index in [4.69, 9.17) is 0 Å². The molecule has 0 atom stereocenters. The first kappa shape index (κ1) is 15.1. The van der Waals surface area contributed by atoms with E-state index in [1.807, 2.05) is 0 Å². The number of nitrogens with zero attached hydrogens (tertiary/aromatic N) is 1. The van der Waals surface area contributed by atoms with Crippen LogP contribution in [-0.2, 0) is 4.74 Å². The van der Waals surface area contributed by atoms with Gasteiger partial charge in [0.15, 0.2) is 0 Å². The molecule has 100 valence electrons. The van der Waals surface area contributed by atoms with E-state index in [1.54, 1.807) is 0 Å². The number of ether oxygens (including phenoxy) is 1. The fourth-order valence-electron chi connectivity index (χ4n) is 1.50. The van der Waals surface area contributed by atoms with Crippen LogP contribution in [0.4, 0.5) is 5.69 Å². The van der Waals surface area contributed by atoms with Crippen LogP contribution in [0.5, 0.6) is 0 Å². The van der Waals surface area contributed by atoms with Crippen LogP contribution in [0, 0.1) is 28.9 Å². The van der Waals surface area contributed by atoms with E-state index in [9.17, 15) is 14.9 Å². The van der Waals surface area contributed by atoms with Crippen LogP contribution in [0.2, 0.25) is 0 Å². The van der Waals surface area contributed by atoms with Crippen LogP contribution in [0.25, 0.3) is 0 Å². The van der Waals surface area contributed by atoms with Crippen molar-refractivity contribution in [1.82, 2.24) is 0 Å². The molecule has 0 unspecified atom stereocenters. The standard InChI is InChI=1S/C13H13NO4S/c1-9-11(13(15)18-2)7-10(5-3-4-6-19)8-12(9)14(16)17/h7-8,19H,4,6H2,1-2H3. The molecule has 0 fully saturated rings. The lowest BCUT2D eigenvalue weighted by Gasteiger charge is -2.05. The molecule has 1 aromatic carbocycles. The smallest absolute Gasteiger partial charge is 0.338 e. The van der Waals surface area contributed by atoms with Crippen molar-refractivity contribution in [1.29, 1.82) is 0 Å². The van der Waals surface area contributed by atoms with E-state index < -0.39 is 10.9 Å². The minimum absolute atomic E-state index is 0.141. The molecule has 6 heteroatoms. The predicted molar refractivity (Wildman–Crippen MR) is 74.5 cm³/mol. The number of nitro benzene ring substituents is 1. The summed E-state index contributed by atoms with van der Waals surface area (Å²) in [5, 5.41) is 11.0. The van der Waals surface area contributed by atoms with Gasteiger partial charge >= 0.3 is 5.97 Å². The lowest BCUT2D eigenvalue weighted by molar-refractivity contribution is -0.385. The molecule has 0 aromatic heterocycles. The highest BCUT2D eigenvalue weighted by molar-refractivity contribution is 7.80. The quantitative estimate of drug-likeness (QED) is 0.303. The highest BCUT2D eigenvalue weighted by Gasteiger charge is 2.20. The Morgan fingerprint density at radius 1 is 1.53 bits per heavy atom. The molecule has 0 bridgehead atoms. The molecule has 5 nitrogen and oxygen atoms in total. The minimum Gasteiger partial charge on any atom is -0.465 e. The third-order valence-electron chi connectivity index (χ3n) is 2.45. The highest BCUT2D eigenvalue weighted by atomic mass is 32.1. The average molecular weight is 279 g/mol. The highest BCUT2D eigenvalue weighted by Crippen LogP contribution is 2.24. The Balaban J connectivity index is 3.36. The van der Waals surface area contributed by atoms with Crippen molar-refractivity contribution in [2.75, 3.05) is 12.9 Å². The van der Waals surface area contributed by atoms with E-state index in [-0.39, 0.29) is 16.8 Å². The molecule has 0 N–H and O–H groups in total. The number of thiol groups is 1. The molecule has 1 rings (SSSR count). The Hall–Kier alpha value is -2.00. The molecule has 0 aliphatic rings. The molecule has 0 aliphatic heterocycles. The summed E-state index contributed by atoms with van der Waals surface area (Å²) in [5.41, 5.74) is 0.709. The van der Waals surface area contributed by atoms with Gasteiger partial charge < -0.3 is 4.74 Å². The Kier molecular flexibility index (Phi) is 5.39. The first-order chi connectivity index (χ1) is 9.01. The van der Waals surface area contributed by atoms with Crippen LogP contribution in [0.15, 0.2) is 12.1 Å². The van der Waals surface area contributed by atoms with E-state index in [0.29, 0.717) is 17.7 Å². The Morgan fingerprint density at radius 2 is 2.21 bits per heavy atom. The number of hydrogen-bond acceptors (Lipinski definition) is 5. The number of hydrogen-bond donors (Lipinski definition) is 1. The van der Waals surface area contributed by atoms with E-state index in [1.165, 1.54) is 26.2 Å². The second kappa shape index (κ2) is 6.81. The summed E-state index contributed by atoms with van der Waals surface area (Å²) in [6, 6.07) is 2.85. The van der Waals surface area contributed by atoms with Gasteiger partial charge in [-0.1, -0.05) is 11.8 Å². The maximum absolute atomic E-state index is 11.6. The van der Waals surface area contributed by atoms with E-state index in [2.05, 4.69) is 29.2 Å². The van der Waals surface area contributed by atoms with Crippen molar-refractivity contribution in [3.05, 3.63) is 38.9 Å². The SMILES string of the molecule is COC(=O)c1cc(C#CCCS)cc([N+](=O)[O-])c1C. The Labute approximate surface area is 116 Å². The molecule has 0 saturated heterocycles. The van der Waals surface area contributed by atoms with Gasteiger partial charge in [-0.3, -0.25) is 10.1 Å². The van der Waals surface area contributed by atoms with Crippen molar-refractivity contribution in [2.45, 2.75) is 13.3 Å². The van der Waals surface area contributed by atoms with E-state index >= 15 is 0 Å². The minimum atomic E-state index is -0.613. The summed E-state index contributed by atoms with van der Waals surface area (Å²) in [4.78, 5) is 22.0. The molecule has 0 heterocycles. The lowest BCUT2D eigenvalue weighted by atomic mass is 10.0. The zero-order valence-corrected chi connectivity index (χ0v) is 11.5. The zero-order valence-electron chi connectivity index (χ0n) is 10.6. The Bertz CT molecular complexity index is 572. The van der Waals surface area contributed by atoms with Crippen LogP contribution in [-0.4, -0.2) is 23.8 Å². The molecule has 19 heavy (non-hydrogen) atoms. The van der Waals surface area contributed by atoms with Gasteiger partial charge in [0.05, 0.1) is 17.6 Å². The molecule has 0 saturated carbocycles. The number of nitro groups is 1. The topological polar surface area (TPSA) is 69.4 Å². The van der Waals surface area contributed by atoms with Crippen molar-refractivity contribution in [2.24, 2.45) is 0 Å². The van der Waals surface area contributed by atoms with Gasteiger partial charge in [-0.15, -0.1) is 0 Å². The number of carbonyl (C=O) groups is 1. The summed E-state index contributed by atoms with van der Waals surface area (Å²) in [6.07, 6.45) is 0.568. The fraction of sp³-hybridized carbons (Fsp3) is 0.308. The van der Waals surface area contributed by atoms with Gasteiger partial charge in [0.1, 0.15) is 0 Å². The number of methoxy groups -OCH3 is 1. The van der Waals surface area contributed by atoms with Crippen LogP contribution < -0.4 is 0 Å². The van der Waals surface area contributed by atoms with Gasteiger partial charge in [0.2, 0.25) is 0 Å². The average Bonchev–Trinajstić information content (AvgIpc) is 2.39. The van der Waals surface area contributed by atoms with E-state index in [0.717, 1.165) is 0 Å². The summed E-state index contributed by atoms with van der Waals surface area (Å²) in [6.45, 7) is 1.51. The third kappa shape index (κ3) is 3.73. The molecule has 0 aliphatic carbocycles.